The molecule has 1 aromatic carbocycles. The number of carbonyl (C=O) groups excluding carboxylic acids is 2. The van der Waals surface area contributed by atoms with Crippen LogP contribution in [0.25, 0.3) is 0 Å². The van der Waals surface area contributed by atoms with Gasteiger partial charge in [0.15, 0.2) is 0 Å². The molecule has 1 fully saturated rings. The van der Waals surface area contributed by atoms with Gasteiger partial charge < -0.3 is 25.4 Å². The highest BCUT2D eigenvalue weighted by atomic mass is 35.5. The number of halogens is 1. The van der Waals surface area contributed by atoms with E-state index in [-0.39, 0.29) is 36.7 Å². The van der Waals surface area contributed by atoms with E-state index in [2.05, 4.69) is 5.32 Å². The molecule has 0 aromatic heterocycles. The highest BCUT2D eigenvalue weighted by molar-refractivity contribution is 5.85. The summed E-state index contributed by atoms with van der Waals surface area (Å²) >= 11 is 0. The van der Waals surface area contributed by atoms with Crippen LogP contribution in [-0.4, -0.2) is 62.7 Å². The molecule has 0 spiro atoms. The van der Waals surface area contributed by atoms with Crippen LogP contribution in [0.15, 0.2) is 30.3 Å². The molecule has 1 aliphatic rings. The van der Waals surface area contributed by atoms with Gasteiger partial charge in [0.05, 0.1) is 12.5 Å². The summed E-state index contributed by atoms with van der Waals surface area (Å²) in [7, 11) is 0. The third-order valence-electron chi connectivity index (χ3n) is 4.05. The standard InChI is InChI=1S/C18H27N3O4.ClH/c19-8-9-20-18(23)15-5-4-10-21(13-15)17(22)14-24-11-12-25-16-6-2-1-3-7-16;/h1-3,6-7,15H,4-5,8-14,19H2,(H,20,23);1H. The lowest BCUT2D eigenvalue weighted by Crippen LogP contribution is -2.47. The second-order valence-electron chi connectivity index (χ2n) is 5.97. The minimum Gasteiger partial charge on any atom is -0.491 e. The predicted molar refractivity (Wildman–Crippen MR) is 101 cm³/mol. The number of hydrogen-bond acceptors (Lipinski definition) is 5. The molecule has 1 unspecified atom stereocenters. The molecule has 0 aliphatic carbocycles. The lowest BCUT2D eigenvalue weighted by atomic mass is 9.97. The number of amides is 2. The van der Waals surface area contributed by atoms with Gasteiger partial charge in [0.2, 0.25) is 11.8 Å². The summed E-state index contributed by atoms with van der Waals surface area (Å²) in [4.78, 5) is 25.9. The largest absolute Gasteiger partial charge is 0.491 e. The summed E-state index contributed by atoms with van der Waals surface area (Å²) in [6.07, 6.45) is 1.62. The van der Waals surface area contributed by atoms with Crippen LogP contribution in [0.4, 0.5) is 0 Å². The van der Waals surface area contributed by atoms with Crippen LogP contribution in [0.2, 0.25) is 0 Å². The van der Waals surface area contributed by atoms with Crippen LogP contribution in [0.3, 0.4) is 0 Å². The molecule has 26 heavy (non-hydrogen) atoms. The first kappa shape index (κ1) is 22.2. The Hall–Kier alpha value is -1.83. The van der Waals surface area contributed by atoms with Crippen LogP contribution in [0.5, 0.6) is 5.75 Å². The van der Waals surface area contributed by atoms with E-state index in [4.69, 9.17) is 15.2 Å². The molecule has 0 radical (unpaired) electrons. The molecule has 1 aliphatic heterocycles. The highest BCUT2D eigenvalue weighted by Crippen LogP contribution is 2.16. The lowest BCUT2D eigenvalue weighted by molar-refractivity contribution is -0.140. The smallest absolute Gasteiger partial charge is 0.248 e. The van der Waals surface area contributed by atoms with Gasteiger partial charge in [-0.25, -0.2) is 0 Å². The third kappa shape index (κ3) is 7.59. The Labute approximate surface area is 160 Å². The maximum atomic E-state index is 12.2. The molecule has 2 rings (SSSR count). The second kappa shape index (κ2) is 12.5. The van der Waals surface area contributed by atoms with Crippen LogP contribution < -0.4 is 15.8 Å². The Morgan fingerprint density at radius 2 is 2.00 bits per heavy atom. The number of benzene rings is 1. The fourth-order valence-corrected chi connectivity index (χ4v) is 2.74. The molecule has 146 valence electrons. The predicted octanol–water partition coefficient (Wildman–Crippen LogP) is 0.817. The molecule has 0 saturated carbocycles. The minimum absolute atomic E-state index is 0. The van der Waals surface area contributed by atoms with E-state index >= 15 is 0 Å². The van der Waals surface area contributed by atoms with Gasteiger partial charge in [0, 0.05) is 26.2 Å². The fourth-order valence-electron chi connectivity index (χ4n) is 2.74. The Kier molecular flexibility index (Phi) is 10.7. The van der Waals surface area contributed by atoms with E-state index < -0.39 is 0 Å². The molecule has 2 amide bonds. The van der Waals surface area contributed by atoms with Crippen LogP contribution in [0, 0.1) is 5.92 Å². The van der Waals surface area contributed by atoms with Crippen molar-refractivity contribution < 1.29 is 19.1 Å². The minimum atomic E-state index is -0.161. The molecule has 7 nitrogen and oxygen atoms in total. The maximum absolute atomic E-state index is 12.2. The summed E-state index contributed by atoms with van der Waals surface area (Å²) < 4.78 is 10.9. The zero-order chi connectivity index (χ0) is 17.9. The number of carbonyl (C=O) groups is 2. The van der Waals surface area contributed by atoms with E-state index in [9.17, 15) is 9.59 Å². The third-order valence-corrected chi connectivity index (χ3v) is 4.05. The summed E-state index contributed by atoms with van der Waals surface area (Å²) in [5.41, 5.74) is 5.39. The monoisotopic (exact) mass is 385 g/mol. The van der Waals surface area contributed by atoms with Crippen molar-refractivity contribution in [3.8, 4) is 5.75 Å². The molecule has 0 bridgehead atoms. The average molecular weight is 386 g/mol. The fraction of sp³-hybridized carbons (Fsp3) is 0.556. The maximum Gasteiger partial charge on any atom is 0.248 e. The number of nitrogens with one attached hydrogen (secondary N) is 1. The quantitative estimate of drug-likeness (QED) is 0.614. The molecule has 1 aromatic rings. The SMILES string of the molecule is Cl.NCCNC(=O)C1CCCN(C(=O)COCCOc2ccccc2)C1. The molecular weight excluding hydrogens is 358 g/mol. The summed E-state index contributed by atoms with van der Waals surface area (Å²) in [6, 6.07) is 9.46. The van der Waals surface area contributed by atoms with Gasteiger partial charge in [0.25, 0.3) is 0 Å². The van der Waals surface area contributed by atoms with Crippen molar-refractivity contribution in [2.45, 2.75) is 12.8 Å². The van der Waals surface area contributed by atoms with E-state index in [0.717, 1.165) is 18.6 Å². The summed E-state index contributed by atoms with van der Waals surface area (Å²) in [5.74, 6) is 0.501. The molecule has 1 saturated heterocycles. The first-order chi connectivity index (χ1) is 12.2. The Bertz CT molecular complexity index is 544. The lowest BCUT2D eigenvalue weighted by Gasteiger charge is -2.32. The molecule has 3 N–H and O–H groups in total. The summed E-state index contributed by atoms with van der Waals surface area (Å²) in [5, 5.41) is 2.79. The van der Waals surface area contributed by atoms with Gasteiger partial charge in [0.1, 0.15) is 19.0 Å². The number of para-hydroxylation sites is 1. The van der Waals surface area contributed by atoms with E-state index in [1.165, 1.54) is 0 Å². The summed E-state index contributed by atoms with van der Waals surface area (Å²) in [6.45, 7) is 2.74. The van der Waals surface area contributed by atoms with E-state index in [0.29, 0.717) is 39.4 Å². The van der Waals surface area contributed by atoms with Crippen LogP contribution in [0.1, 0.15) is 12.8 Å². The van der Waals surface area contributed by atoms with E-state index in [1.807, 2.05) is 30.3 Å². The Morgan fingerprint density at radius 1 is 1.23 bits per heavy atom. The normalized spacial score (nSPS) is 16.5. The van der Waals surface area contributed by atoms with Crippen molar-refractivity contribution >= 4 is 24.2 Å². The van der Waals surface area contributed by atoms with Gasteiger partial charge in [-0.15, -0.1) is 12.4 Å². The number of piperidine rings is 1. The number of nitrogens with two attached hydrogens (primary N) is 1. The number of likely N-dealkylation sites (tertiary alicyclic amines) is 1. The zero-order valence-corrected chi connectivity index (χ0v) is 15.7. The topological polar surface area (TPSA) is 93.9 Å². The van der Waals surface area contributed by atoms with Gasteiger partial charge in [-0.05, 0) is 25.0 Å². The second-order valence-corrected chi connectivity index (χ2v) is 5.97. The average Bonchev–Trinajstić information content (AvgIpc) is 2.66. The molecular formula is C18H28ClN3O4. The number of ether oxygens (including phenoxy) is 2. The Morgan fingerprint density at radius 3 is 2.73 bits per heavy atom. The van der Waals surface area contributed by atoms with Crippen molar-refractivity contribution in [2.75, 3.05) is 46.0 Å². The highest BCUT2D eigenvalue weighted by Gasteiger charge is 2.28. The van der Waals surface area contributed by atoms with Crippen molar-refractivity contribution in [2.24, 2.45) is 11.7 Å². The molecule has 8 heteroatoms. The van der Waals surface area contributed by atoms with Crippen molar-refractivity contribution in [1.29, 1.82) is 0 Å². The first-order valence-electron chi connectivity index (χ1n) is 8.72. The number of rotatable bonds is 9. The van der Waals surface area contributed by atoms with Crippen LogP contribution >= 0.6 is 12.4 Å². The van der Waals surface area contributed by atoms with Gasteiger partial charge in [-0.1, -0.05) is 18.2 Å². The van der Waals surface area contributed by atoms with Gasteiger partial charge in [-0.2, -0.15) is 0 Å². The molecule has 1 atom stereocenters. The van der Waals surface area contributed by atoms with Gasteiger partial charge in [-0.3, -0.25) is 9.59 Å². The number of nitrogens with zero attached hydrogens (tertiary/aromatic N) is 1. The number of hydrogen-bond donors (Lipinski definition) is 2. The van der Waals surface area contributed by atoms with Crippen molar-refractivity contribution in [1.82, 2.24) is 10.2 Å². The van der Waals surface area contributed by atoms with Crippen molar-refractivity contribution in [3.05, 3.63) is 30.3 Å². The van der Waals surface area contributed by atoms with Crippen molar-refractivity contribution in [3.63, 3.8) is 0 Å². The van der Waals surface area contributed by atoms with Gasteiger partial charge >= 0.3 is 0 Å². The molecule has 1 heterocycles. The zero-order valence-electron chi connectivity index (χ0n) is 14.9. The van der Waals surface area contributed by atoms with Crippen LogP contribution in [-0.2, 0) is 14.3 Å². The first-order valence-corrected chi connectivity index (χ1v) is 8.72. The van der Waals surface area contributed by atoms with E-state index in [1.54, 1.807) is 4.90 Å². The Balaban J connectivity index is 0.00000338.